The molecule has 1 unspecified atom stereocenters. The van der Waals surface area contributed by atoms with E-state index in [1.165, 1.54) is 0 Å². The number of phenolic OH excluding ortho intramolecular Hbond substituents is 2. The van der Waals surface area contributed by atoms with Crippen LogP contribution in [0.5, 0.6) is 11.5 Å². The van der Waals surface area contributed by atoms with Gasteiger partial charge in [-0.25, -0.2) is 0 Å². The quantitative estimate of drug-likeness (QED) is 0.585. The fraction of sp³-hybridized carbons (Fsp3) is 0.250. The Labute approximate surface area is 132 Å². The maximum Gasteiger partial charge on any atom is 0.176 e. The molecule has 0 spiro atoms. The number of halogens is 1. The number of hydrogen-bond donors (Lipinski definition) is 3. The summed E-state index contributed by atoms with van der Waals surface area (Å²) in [5, 5.41) is 26.1. The van der Waals surface area contributed by atoms with Crippen LogP contribution < -0.4 is 5.32 Å². The van der Waals surface area contributed by atoms with Gasteiger partial charge in [-0.2, -0.15) is 0 Å². The predicted octanol–water partition coefficient (Wildman–Crippen LogP) is 3.43. The molecule has 0 saturated heterocycles. The van der Waals surface area contributed by atoms with Crippen LogP contribution in [0.4, 0.5) is 5.69 Å². The molecule has 0 aliphatic carbocycles. The lowest BCUT2D eigenvalue weighted by molar-refractivity contribution is 0.402. The second kappa shape index (κ2) is 5.94. The van der Waals surface area contributed by atoms with Gasteiger partial charge in [0.1, 0.15) is 5.69 Å². The highest BCUT2D eigenvalue weighted by Gasteiger charge is 2.25. The lowest BCUT2D eigenvalue weighted by Crippen LogP contribution is -2.20. The van der Waals surface area contributed by atoms with Crippen LogP contribution in [-0.4, -0.2) is 23.3 Å². The highest BCUT2D eigenvalue weighted by molar-refractivity contribution is 6.33. The van der Waals surface area contributed by atoms with E-state index in [4.69, 9.17) is 11.6 Å². The first-order valence-corrected chi connectivity index (χ1v) is 7.37. The maximum absolute atomic E-state index is 10.5. The van der Waals surface area contributed by atoms with Gasteiger partial charge in [-0.15, -0.1) is 4.91 Å². The van der Waals surface area contributed by atoms with Crippen molar-refractivity contribution >= 4 is 17.3 Å². The minimum absolute atomic E-state index is 0.0257. The fourth-order valence-corrected chi connectivity index (χ4v) is 3.18. The topological polar surface area (TPSA) is 81.9 Å². The van der Waals surface area contributed by atoms with Crippen LogP contribution in [0.25, 0.3) is 0 Å². The van der Waals surface area contributed by atoms with Crippen LogP contribution in [0.3, 0.4) is 0 Å². The first-order chi connectivity index (χ1) is 10.6. The van der Waals surface area contributed by atoms with E-state index in [0.29, 0.717) is 18.7 Å². The molecule has 6 heteroatoms. The largest absolute Gasteiger partial charge is 0.504 e. The number of nitrogens with zero attached hydrogens (tertiary/aromatic N) is 1. The number of nitroso groups, excluding NO2 is 1. The summed E-state index contributed by atoms with van der Waals surface area (Å²) in [6.45, 7) is 1.42. The van der Waals surface area contributed by atoms with Crippen LogP contribution in [-0.2, 0) is 6.42 Å². The summed E-state index contributed by atoms with van der Waals surface area (Å²) in [5.41, 5.74) is 3.09. The molecule has 5 nitrogen and oxygen atoms in total. The van der Waals surface area contributed by atoms with E-state index >= 15 is 0 Å². The zero-order valence-electron chi connectivity index (χ0n) is 11.7. The first-order valence-electron chi connectivity index (χ1n) is 6.99. The zero-order valence-corrected chi connectivity index (χ0v) is 12.5. The minimum Gasteiger partial charge on any atom is -0.504 e. The van der Waals surface area contributed by atoms with Gasteiger partial charge in [-0.1, -0.05) is 23.7 Å². The van der Waals surface area contributed by atoms with E-state index in [2.05, 4.69) is 10.5 Å². The monoisotopic (exact) mass is 318 g/mol. The number of phenols is 2. The summed E-state index contributed by atoms with van der Waals surface area (Å²) in [7, 11) is 0. The number of benzene rings is 2. The average molecular weight is 319 g/mol. The van der Waals surface area contributed by atoms with Crippen molar-refractivity contribution < 1.29 is 10.2 Å². The van der Waals surface area contributed by atoms with E-state index in [9.17, 15) is 15.1 Å². The van der Waals surface area contributed by atoms with Crippen molar-refractivity contribution in [2.24, 2.45) is 5.18 Å². The Bertz CT molecular complexity index is 716. The van der Waals surface area contributed by atoms with Crippen LogP contribution >= 0.6 is 11.6 Å². The first kappa shape index (κ1) is 14.8. The summed E-state index contributed by atoms with van der Waals surface area (Å²) in [4.78, 5) is 10.5. The van der Waals surface area contributed by atoms with Crippen LogP contribution in [0, 0.1) is 4.91 Å². The van der Waals surface area contributed by atoms with E-state index < -0.39 is 0 Å². The summed E-state index contributed by atoms with van der Waals surface area (Å²) in [6, 6.07) is 8.58. The number of fused-ring (bicyclic) bond motifs is 1. The second-order valence-electron chi connectivity index (χ2n) is 5.32. The smallest absolute Gasteiger partial charge is 0.176 e. The van der Waals surface area contributed by atoms with Gasteiger partial charge >= 0.3 is 0 Å². The van der Waals surface area contributed by atoms with Gasteiger partial charge in [0.2, 0.25) is 0 Å². The molecule has 1 atom stereocenters. The van der Waals surface area contributed by atoms with Crippen molar-refractivity contribution in [3.05, 3.63) is 57.0 Å². The number of hydrogen-bond acceptors (Lipinski definition) is 5. The van der Waals surface area contributed by atoms with E-state index in [1.54, 1.807) is 18.2 Å². The van der Waals surface area contributed by atoms with Crippen LogP contribution in [0.15, 0.2) is 35.5 Å². The molecule has 0 radical (unpaired) electrons. The fourth-order valence-electron chi connectivity index (χ4n) is 2.88. The van der Waals surface area contributed by atoms with E-state index in [1.807, 2.05) is 12.1 Å². The van der Waals surface area contributed by atoms with Crippen LogP contribution in [0.1, 0.15) is 22.6 Å². The Morgan fingerprint density at radius 1 is 1.23 bits per heavy atom. The Morgan fingerprint density at radius 3 is 2.64 bits per heavy atom. The summed E-state index contributed by atoms with van der Waals surface area (Å²) >= 11 is 6.20. The molecule has 2 aromatic carbocycles. The molecule has 0 aromatic heterocycles. The number of aromatic hydroxyl groups is 2. The van der Waals surface area contributed by atoms with Crippen molar-refractivity contribution in [1.82, 2.24) is 5.32 Å². The highest BCUT2D eigenvalue weighted by Crippen LogP contribution is 2.42. The van der Waals surface area contributed by atoms with Gasteiger partial charge < -0.3 is 15.5 Å². The molecule has 1 aliphatic heterocycles. The number of rotatable bonds is 2. The third kappa shape index (κ3) is 2.53. The zero-order chi connectivity index (χ0) is 15.7. The molecule has 0 saturated carbocycles. The van der Waals surface area contributed by atoms with E-state index in [0.717, 1.165) is 23.2 Å². The lowest BCUT2D eigenvalue weighted by Gasteiger charge is -2.20. The lowest BCUT2D eigenvalue weighted by atomic mass is 9.87. The molecule has 2 aromatic rings. The van der Waals surface area contributed by atoms with Crippen molar-refractivity contribution in [2.45, 2.75) is 12.3 Å². The Morgan fingerprint density at radius 2 is 1.95 bits per heavy atom. The summed E-state index contributed by atoms with van der Waals surface area (Å²) in [5.74, 6) is -0.523. The van der Waals surface area contributed by atoms with Gasteiger partial charge in [0, 0.05) is 12.5 Å². The molecule has 3 rings (SSSR count). The predicted molar refractivity (Wildman–Crippen MR) is 85.1 cm³/mol. The standard InChI is InChI=1S/C16H15ClN2O3/c17-15-11-5-6-18-8-13(12(11)7-14(20)16(15)21)9-1-3-10(19-22)4-2-9/h1-4,7,13,18,20-21H,5-6,8H2. The Hall–Kier alpha value is -2.11. The molecule has 3 N–H and O–H groups in total. The minimum atomic E-state index is -0.276. The van der Waals surface area contributed by atoms with Gasteiger partial charge in [-0.05, 0) is 53.0 Å². The molecule has 0 bridgehead atoms. The normalized spacial score (nSPS) is 17.6. The maximum atomic E-state index is 10.5. The van der Waals surface area contributed by atoms with Gasteiger partial charge in [0.05, 0.1) is 5.02 Å². The third-order valence-electron chi connectivity index (χ3n) is 4.03. The molecule has 0 fully saturated rings. The van der Waals surface area contributed by atoms with Crippen molar-refractivity contribution in [3.63, 3.8) is 0 Å². The van der Waals surface area contributed by atoms with Crippen molar-refractivity contribution in [2.75, 3.05) is 13.1 Å². The third-order valence-corrected chi connectivity index (χ3v) is 4.44. The highest BCUT2D eigenvalue weighted by atomic mass is 35.5. The molecule has 22 heavy (non-hydrogen) atoms. The van der Waals surface area contributed by atoms with Gasteiger partial charge in [-0.3, -0.25) is 0 Å². The Balaban J connectivity index is 2.12. The van der Waals surface area contributed by atoms with Crippen molar-refractivity contribution in [1.29, 1.82) is 0 Å². The molecular weight excluding hydrogens is 304 g/mol. The molecule has 1 heterocycles. The molecule has 114 valence electrons. The van der Waals surface area contributed by atoms with Gasteiger partial charge in [0.25, 0.3) is 0 Å². The molecular formula is C16H15ClN2O3. The van der Waals surface area contributed by atoms with Gasteiger partial charge in [0.15, 0.2) is 11.5 Å². The number of nitrogens with one attached hydrogen (secondary N) is 1. The summed E-state index contributed by atoms with van der Waals surface area (Å²) < 4.78 is 0. The van der Waals surface area contributed by atoms with Crippen molar-refractivity contribution in [3.8, 4) is 11.5 Å². The molecule has 0 amide bonds. The van der Waals surface area contributed by atoms with E-state index in [-0.39, 0.29) is 22.4 Å². The SMILES string of the molecule is O=Nc1ccc(C2CNCCc3c2cc(O)c(O)c3Cl)cc1. The average Bonchev–Trinajstić information content (AvgIpc) is 2.75. The Kier molecular flexibility index (Phi) is 4.00. The summed E-state index contributed by atoms with van der Waals surface area (Å²) in [6.07, 6.45) is 0.673. The van der Waals surface area contributed by atoms with Crippen LogP contribution in [0.2, 0.25) is 5.02 Å². The second-order valence-corrected chi connectivity index (χ2v) is 5.69. The molecule has 1 aliphatic rings.